The second-order valence-electron chi connectivity index (χ2n) is 7.59. The average Bonchev–Trinajstić information content (AvgIpc) is 3.19. The van der Waals surface area contributed by atoms with Crippen LogP contribution in [0.3, 0.4) is 0 Å². The zero-order valence-electron chi connectivity index (χ0n) is 12.9. The number of phenolic OH excluding ortho intramolecular Hbond substituents is 1. The van der Waals surface area contributed by atoms with E-state index in [1.165, 1.54) is 41.0 Å². The van der Waals surface area contributed by atoms with Crippen molar-refractivity contribution in [2.24, 2.45) is 23.7 Å². The van der Waals surface area contributed by atoms with Gasteiger partial charge in [0, 0.05) is 22.8 Å². The fourth-order valence-corrected chi connectivity index (χ4v) is 8.59. The van der Waals surface area contributed by atoms with Crippen LogP contribution in [0.25, 0.3) is 10.8 Å². The van der Waals surface area contributed by atoms with Gasteiger partial charge in [0.15, 0.2) is 0 Å². The predicted octanol–water partition coefficient (Wildman–Crippen LogP) is 4.34. The van der Waals surface area contributed by atoms with Crippen molar-refractivity contribution in [3.63, 3.8) is 0 Å². The first-order valence-corrected chi connectivity index (χ1v) is 10.4. The number of phenols is 1. The van der Waals surface area contributed by atoms with Crippen molar-refractivity contribution in [3.05, 3.63) is 42.0 Å². The van der Waals surface area contributed by atoms with Gasteiger partial charge in [-0.25, -0.2) is 0 Å². The maximum atomic E-state index is 10.3. The van der Waals surface area contributed by atoms with Crippen molar-refractivity contribution in [3.8, 4) is 5.75 Å². The number of benzene rings is 2. The molecule has 1 nitrogen and oxygen atoms in total. The molecule has 0 spiro atoms. The Morgan fingerprint density at radius 2 is 1.73 bits per heavy atom. The first kappa shape index (κ1) is 13.3. The van der Waals surface area contributed by atoms with E-state index in [-0.39, 0.29) is 0 Å². The molecule has 3 fully saturated rings. The molecule has 1 saturated heterocycles. The third-order valence-corrected chi connectivity index (χ3v) is 8.86. The van der Waals surface area contributed by atoms with E-state index in [1.807, 2.05) is 18.2 Å². The molecule has 2 saturated carbocycles. The Morgan fingerprint density at radius 1 is 1.00 bits per heavy atom. The molecule has 22 heavy (non-hydrogen) atoms. The lowest BCUT2D eigenvalue weighted by Crippen LogP contribution is -2.19. The lowest BCUT2D eigenvalue weighted by molar-refractivity contribution is 0.281. The van der Waals surface area contributed by atoms with Gasteiger partial charge in [0.2, 0.25) is 0 Å². The molecule has 1 heterocycles. The van der Waals surface area contributed by atoms with Crippen LogP contribution < -0.4 is 0 Å². The molecule has 2 aromatic carbocycles. The second-order valence-corrected chi connectivity index (χ2v) is 9.77. The number of aromatic hydroxyl groups is 1. The van der Waals surface area contributed by atoms with Crippen LogP contribution in [-0.4, -0.2) is 16.6 Å². The van der Waals surface area contributed by atoms with Crippen LogP contribution in [0.4, 0.5) is 0 Å². The summed E-state index contributed by atoms with van der Waals surface area (Å²) in [6, 6.07) is 12.5. The van der Waals surface area contributed by atoms with Gasteiger partial charge in [-0.1, -0.05) is 24.3 Å². The summed E-state index contributed by atoms with van der Waals surface area (Å²) in [6.07, 6.45) is 4.57. The predicted molar refractivity (Wildman–Crippen MR) is 94.2 cm³/mol. The van der Waals surface area contributed by atoms with E-state index >= 15 is 0 Å². The van der Waals surface area contributed by atoms with Gasteiger partial charge in [-0.3, -0.25) is 0 Å². The van der Waals surface area contributed by atoms with E-state index in [0.29, 0.717) is 16.6 Å². The minimum atomic E-state index is 0.455. The summed E-state index contributed by atoms with van der Waals surface area (Å²) in [5.41, 5.74) is 1.34. The third-order valence-electron chi connectivity index (χ3n) is 6.40. The summed E-state index contributed by atoms with van der Waals surface area (Å²) in [5.74, 6) is 8.82. The maximum absolute atomic E-state index is 10.3. The highest BCUT2D eigenvalue weighted by molar-refractivity contribution is 7.96. The first-order chi connectivity index (χ1) is 10.8. The molecule has 1 aliphatic heterocycles. The van der Waals surface area contributed by atoms with E-state index in [4.69, 9.17) is 0 Å². The number of hydrogen-bond donors (Lipinski definition) is 1. The molecule has 0 aromatic heterocycles. The van der Waals surface area contributed by atoms with Crippen LogP contribution in [0.2, 0.25) is 0 Å². The summed E-state index contributed by atoms with van der Waals surface area (Å²) >= 11 is 0. The lowest BCUT2D eigenvalue weighted by Gasteiger charge is -2.19. The minimum absolute atomic E-state index is 0.455. The number of rotatable bonds is 2. The van der Waals surface area contributed by atoms with Gasteiger partial charge in [0.25, 0.3) is 0 Å². The van der Waals surface area contributed by atoms with Crippen molar-refractivity contribution in [1.29, 1.82) is 0 Å². The second kappa shape index (κ2) is 4.92. The number of hydrogen-bond acceptors (Lipinski definition) is 1. The normalized spacial score (nSPS) is 36.1. The Bertz CT molecular complexity index is 707. The zero-order chi connectivity index (χ0) is 14.7. The van der Waals surface area contributed by atoms with Crippen LogP contribution in [0, 0.1) is 23.7 Å². The lowest BCUT2D eigenvalue weighted by atomic mass is 9.82. The summed E-state index contributed by atoms with van der Waals surface area (Å²) < 4.78 is 0. The molecular formula is C20H23OS+. The molecule has 2 heteroatoms. The van der Waals surface area contributed by atoms with Crippen molar-refractivity contribution in [2.75, 3.05) is 11.5 Å². The standard InChI is InChI=1S/C20H22OS/c21-20-8-13(7-14-3-1-2-4-17(14)20)10-22-11-18-15-5-6-16(9-15)19(18)12-22/h1-4,7-8,15-16,18-19H,5-6,9-12H2/p+1. The van der Waals surface area contributed by atoms with E-state index in [1.54, 1.807) is 6.42 Å². The fourth-order valence-electron chi connectivity index (χ4n) is 5.45. The highest BCUT2D eigenvalue weighted by Crippen LogP contribution is 2.56. The molecule has 5 rings (SSSR count). The Hall–Kier alpha value is -1.15. The van der Waals surface area contributed by atoms with Crippen LogP contribution in [0.15, 0.2) is 36.4 Å². The molecule has 1 N–H and O–H groups in total. The van der Waals surface area contributed by atoms with Gasteiger partial charge in [-0.15, -0.1) is 0 Å². The van der Waals surface area contributed by atoms with Crippen molar-refractivity contribution >= 4 is 21.7 Å². The molecule has 2 aromatic rings. The smallest absolute Gasteiger partial charge is 0.133 e. The highest BCUT2D eigenvalue weighted by Gasteiger charge is 2.56. The zero-order valence-corrected chi connectivity index (χ0v) is 13.7. The van der Waals surface area contributed by atoms with Crippen molar-refractivity contribution < 1.29 is 5.11 Å². The highest BCUT2D eigenvalue weighted by atomic mass is 32.2. The van der Waals surface area contributed by atoms with E-state index in [2.05, 4.69) is 18.2 Å². The van der Waals surface area contributed by atoms with Gasteiger partial charge in [0.05, 0.1) is 0 Å². The maximum Gasteiger partial charge on any atom is 0.133 e. The Kier molecular flexibility index (Phi) is 2.98. The molecule has 2 aliphatic carbocycles. The molecule has 114 valence electrons. The van der Waals surface area contributed by atoms with Crippen molar-refractivity contribution in [1.82, 2.24) is 0 Å². The summed E-state index contributed by atoms with van der Waals surface area (Å²) in [4.78, 5) is 0. The van der Waals surface area contributed by atoms with Gasteiger partial charge in [-0.2, -0.15) is 0 Å². The summed E-state index contributed by atoms with van der Waals surface area (Å²) in [6.45, 7) is 0. The molecule has 4 unspecified atom stereocenters. The Labute approximate surface area is 135 Å². The molecule has 0 amide bonds. The Balaban J connectivity index is 1.38. The van der Waals surface area contributed by atoms with Crippen LogP contribution in [0.5, 0.6) is 5.75 Å². The van der Waals surface area contributed by atoms with E-state index in [0.717, 1.165) is 29.1 Å². The van der Waals surface area contributed by atoms with Crippen molar-refractivity contribution in [2.45, 2.75) is 25.0 Å². The molecule has 0 radical (unpaired) electrons. The fraction of sp³-hybridized carbons (Fsp3) is 0.500. The van der Waals surface area contributed by atoms with Crippen LogP contribution in [-0.2, 0) is 16.6 Å². The molecular weight excluding hydrogens is 288 g/mol. The number of fused-ring (bicyclic) bond motifs is 6. The van der Waals surface area contributed by atoms with E-state index in [9.17, 15) is 5.11 Å². The largest absolute Gasteiger partial charge is 0.507 e. The molecule has 3 aliphatic rings. The third kappa shape index (κ3) is 2.00. The van der Waals surface area contributed by atoms with Gasteiger partial charge < -0.3 is 5.11 Å². The van der Waals surface area contributed by atoms with E-state index < -0.39 is 0 Å². The minimum Gasteiger partial charge on any atom is -0.507 e. The topological polar surface area (TPSA) is 20.2 Å². The van der Waals surface area contributed by atoms with Gasteiger partial charge in [-0.05, 0) is 59.5 Å². The molecule has 4 atom stereocenters. The quantitative estimate of drug-likeness (QED) is 0.818. The average molecular weight is 311 g/mol. The monoisotopic (exact) mass is 311 g/mol. The first-order valence-electron chi connectivity index (χ1n) is 8.62. The Morgan fingerprint density at radius 3 is 2.50 bits per heavy atom. The molecule has 2 bridgehead atoms. The summed E-state index contributed by atoms with van der Waals surface area (Å²) in [5, 5.41) is 12.4. The van der Waals surface area contributed by atoms with Gasteiger partial charge >= 0.3 is 0 Å². The van der Waals surface area contributed by atoms with Crippen LogP contribution >= 0.6 is 0 Å². The summed E-state index contributed by atoms with van der Waals surface area (Å²) in [7, 11) is 0.549. The van der Waals surface area contributed by atoms with Crippen LogP contribution in [0.1, 0.15) is 24.8 Å². The van der Waals surface area contributed by atoms with Gasteiger partial charge in [0.1, 0.15) is 23.0 Å². The SMILES string of the molecule is Oc1cc(C[S+]2CC3C4CCC(C4)C3C2)cc2ccccc12.